The lowest BCUT2D eigenvalue weighted by molar-refractivity contribution is 0.0690. The van der Waals surface area contributed by atoms with Crippen molar-refractivity contribution in [2.24, 2.45) is 0 Å². The van der Waals surface area contributed by atoms with E-state index in [4.69, 9.17) is 20.3 Å². The van der Waals surface area contributed by atoms with Gasteiger partial charge in [-0.05, 0) is 145 Å². The molecule has 8 rings (SSSR count). The molecule has 0 unspecified atom stereocenters. The van der Waals surface area contributed by atoms with E-state index in [0.717, 1.165) is 62.0 Å². The van der Waals surface area contributed by atoms with Crippen molar-refractivity contribution in [3.8, 4) is 23.0 Å². The molecule has 6 N–H and O–H groups in total. The van der Waals surface area contributed by atoms with Crippen LogP contribution in [0.25, 0.3) is 0 Å². The van der Waals surface area contributed by atoms with E-state index >= 15 is 0 Å². The summed E-state index contributed by atoms with van der Waals surface area (Å²) in [6, 6.07) is 60.1. The molecule has 0 fully saturated rings. The minimum Gasteiger partial charge on any atom is -0.477 e. The molecule has 11 nitrogen and oxygen atoms in total. The molecule has 0 aliphatic rings. The van der Waals surface area contributed by atoms with Gasteiger partial charge in [-0.3, -0.25) is 9.78 Å². The fourth-order valence-corrected chi connectivity index (χ4v) is 6.17. The number of benzene rings is 6. The van der Waals surface area contributed by atoms with Crippen LogP contribution in [0.3, 0.4) is 0 Å². The van der Waals surface area contributed by atoms with Crippen LogP contribution in [-0.4, -0.2) is 40.0 Å². The number of nitrogens with two attached hydrogens (primary N) is 1. The van der Waals surface area contributed by atoms with Crippen molar-refractivity contribution in [2.75, 3.05) is 24.1 Å². The molecule has 328 valence electrons. The average molecular weight is 865 g/mol. The van der Waals surface area contributed by atoms with Crippen molar-refractivity contribution in [2.45, 2.75) is 25.9 Å². The Morgan fingerprint density at radius 1 is 0.508 bits per heavy atom. The molecule has 0 atom stereocenters. The van der Waals surface area contributed by atoms with Gasteiger partial charge in [0.25, 0.3) is 5.91 Å². The number of carbonyl (C=O) groups is 2. The molecule has 0 saturated carbocycles. The molecule has 0 saturated heterocycles. The second-order valence-electron chi connectivity index (χ2n) is 14.6. The molecule has 8 aromatic rings. The quantitative estimate of drug-likeness (QED) is 0.0440. The minimum absolute atomic E-state index is 0.0810. The maximum atomic E-state index is 12.2. The van der Waals surface area contributed by atoms with E-state index in [2.05, 4.69) is 98.7 Å². The average Bonchev–Trinajstić information content (AvgIpc) is 3.36. The van der Waals surface area contributed by atoms with Crippen LogP contribution in [0.5, 0.6) is 23.0 Å². The molecule has 1 amide bonds. The molecule has 0 spiro atoms. The Hall–Kier alpha value is -8.12. The van der Waals surface area contributed by atoms with Crippen molar-refractivity contribution in [1.29, 1.82) is 0 Å². The molecule has 0 radical (unpaired) electrons. The number of aromatic carboxylic acids is 1. The van der Waals surface area contributed by atoms with Crippen LogP contribution in [0.4, 0.5) is 11.4 Å². The van der Waals surface area contributed by atoms with Gasteiger partial charge in [-0.25, -0.2) is 9.78 Å². The summed E-state index contributed by atoms with van der Waals surface area (Å²) in [5, 5.41) is 18.1. The van der Waals surface area contributed by atoms with E-state index in [1.165, 1.54) is 40.7 Å². The summed E-state index contributed by atoms with van der Waals surface area (Å²) in [6.45, 7) is 3.65. The first kappa shape index (κ1) is 46.4. The fourth-order valence-electron chi connectivity index (χ4n) is 6.17. The number of pyridine rings is 2. The summed E-state index contributed by atoms with van der Waals surface area (Å²) >= 11 is 0. The van der Waals surface area contributed by atoms with Gasteiger partial charge in [0.05, 0.1) is 5.56 Å². The number of carboxylic acids is 1. The van der Waals surface area contributed by atoms with E-state index in [1.54, 1.807) is 30.5 Å². The summed E-state index contributed by atoms with van der Waals surface area (Å²) in [4.78, 5) is 29.9. The summed E-state index contributed by atoms with van der Waals surface area (Å²) in [7, 11) is 0. The van der Waals surface area contributed by atoms with Crippen LogP contribution in [0.15, 0.2) is 207 Å². The standard InChI is InChI=1S/C27H25N3O2.C21H22N2O.C6H5NO2/c31-27(23-7-4-17-28-20-23)30-24-10-14-26(15-11-24)32-25-12-8-21(9-13-25)16-18-29-19-22-5-2-1-3-6-22;22-19-8-12-21(13-9-19)24-20-10-6-17(7-11-20)14-15-23-16-18-4-2-1-3-5-18;8-6(9)5-3-1-2-4-7-5/h1-15,17,20,29H,16,18-19H2,(H,30,31);1-13,23H,14-16,22H2;1-4H,(H,8,9). The Bertz CT molecular complexity index is 2580. The Morgan fingerprint density at radius 3 is 1.42 bits per heavy atom. The summed E-state index contributed by atoms with van der Waals surface area (Å²) in [5.74, 6) is 1.93. The number of anilines is 2. The lowest BCUT2D eigenvalue weighted by atomic mass is 10.1. The molecule has 2 heterocycles. The Balaban J connectivity index is 0.000000186. The van der Waals surface area contributed by atoms with E-state index in [9.17, 15) is 9.59 Å². The monoisotopic (exact) mass is 864 g/mol. The maximum Gasteiger partial charge on any atom is 0.354 e. The predicted molar refractivity (Wildman–Crippen MR) is 257 cm³/mol. The highest BCUT2D eigenvalue weighted by Crippen LogP contribution is 2.25. The lowest BCUT2D eigenvalue weighted by Gasteiger charge is -2.09. The van der Waals surface area contributed by atoms with E-state index in [1.807, 2.05) is 84.9 Å². The first-order chi connectivity index (χ1) is 31.9. The number of carboxylic acid groups (broad SMARTS) is 1. The number of hydrogen-bond donors (Lipinski definition) is 5. The van der Waals surface area contributed by atoms with Crippen LogP contribution in [0.2, 0.25) is 0 Å². The third-order valence-corrected chi connectivity index (χ3v) is 9.64. The number of hydrogen-bond acceptors (Lipinski definition) is 9. The molecule has 2 aromatic heterocycles. The van der Waals surface area contributed by atoms with Crippen molar-refractivity contribution >= 4 is 23.3 Å². The molecule has 0 aliphatic carbocycles. The number of aromatic nitrogens is 2. The Kier molecular flexibility index (Phi) is 18.4. The predicted octanol–water partition coefficient (Wildman–Crippen LogP) is 10.6. The molecular weight excluding hydrogens is 813 g/mol. The highest BCUT2D eigenvalue weighted by molar-refractivity contribution is 6.04. The molecule has 11 heteroatoms. The minimum atomic E-state index is -0.990. The smallest absolute Gasteiger partial charge is 0.354 e. The van der Waals surface area contributed by atoms with Crippen molar-refractivity contribution in [3.05, 3.63) is 240 Å². The van der Waals surface area contributed by atoms with Crippen LogP contribution in [-0.2, 0) is 25.9 Å². The van der Waals surface area contributed by atoms with Gasteiger partial charge in [0.1, 0.15) is 28.7 Å². The highest BCUT2D eigenvalue weighted by atomic mass is 16.5. The van der Waals surface area contributed by atoms with Crippen molar-refractivity contribution in [3.63, 3.8) is 0 Å². The third kappa shape index (κ3) is 16.9. The van der Waals surface area contributed by atoms with Gasteiger partial charge in [-0.1, -0.05) is 91.0 Å². The molecule has 6 aromatic carbocycles. The van der Waals surface area contributed by atoms with Gasteiger partial charge in [0.2, 0.25) is 0 Å². The van der Waals surface area contributed by atoms with Crippen LogP contribution >= 0.6 is 0 Å². The maximum absolute atomic E-state index is 12.2. The van der Waals surface area contributed by atoms with Crippen molar-refractivity contribution in [1.82, 2.24) is 20.6 Å². The Labute approximate surface area is 380 Å². The fraction of sp³-hybridized carbons (Fsp3) is 0.111. The summed E-state index contributed by atoms with van der Waals surface area (Å²) in [5.41, 5.74) is 12.9. The van der Waals surface area contributed by atoms with E-state index < -0.39 is 5.97 Å². The number of rotatable bonds is 17. The van der Waals surface area contributed by atoms with Crippen LogP contribution in [0.1, 0.15) is 43.1 Å². The summed E-state index contributed by atoms with van der Waals surface area (Å²) < 4.78 is 11.7. The largest absolute Gasteiger partial charge is 0.477 e. The topological polar surface area (TPSA) is 161 Å². The number of nitrogen functional groups attached to an aromatic ring is 1. The normalized spacial score (nSPS) is 10.3. The number of nitrogens with zero attached hydrogens (tertiary/aromatic N) is 2. The first-order valence-corrected chi connectivity index (χ1v) is 21.2. The second kappa shape index (κ2) is 25.7. The first-order valence-electron chi connectivity index (χ1n) is 21.2. The zero-order chi connectivity index (χ0) is 45.3. The number of nitrogens with one attached hydrogen (secondary N) is 3. The third-order valence-electron chi connectivity index (χ3n) is 9.64. The van der Waals surface area contributed by atoms with Gasteiger partial charge < -0.3 is 36.3 Å². The second-order valence-corrected chi connectivity index (χ2v) is 14.6. The van der Waals surface area contributed by atoms with Gasteiger partial charge in [-0.2, -0.15) is 0 Å². The van der Waals surface area contributed by atoms with Crippen LogP contribution in [0, 0.1) is 0 Å². The highest BCUT2D eigenvalue weighted by Gasteiger charge is 2.07. The van der Waals surface area contributed by atoms with E-state index in [-0.39, 0.29) is 11.6 Å². The lowest BCUT2D eigenvalue weighted by Crippen LogP contribution is -2.16. The zero-order valence-corrected chi connectivity index (χ0v) is 35.9. The molecule has 0 bridgehead atoms. The SMILES string of the molecule is Nc1ccc(Oc2ccc(CCNCc3ccccc3)cc2)cc1.O=C(Nc1ccc(Oc2ccc(CCNCc3ccccc3)cc2)cc1)c1cccnc1.O=C(O)c1ccccn1. The Morgan fingerprint density at radius 2 is 0.985 bits per heavy atom. The number of carbonyl (C=O) groups excluding carboxylic acids is 1. The van der Waals surface area contributed by atoms with Gasteiger partial charge in [0.15, 0.2) is 0 Å². The van der Waals surface area contributed by atoms with Gasteiger partial charge >= 0.3 is 5.97 Å². The molecular formula is C54H52N6O5. The number of ether oxygens (including phenoxy) is 2. The van der Waals surface area contributed by atoms with Crippen molar-refractivity contribution < 1.29 is 24.2 Å². The van der Waals surface area contributed by atoms with Crippen LogP contribution < -0.4 is 31.2 Å². The van der Waals surface area contributed by atoms with Gasteiger partial charge in [-0.15, -0.1) is 0 Å². The van der Waals surface area contributed by atoms with Gasteiger partial charge in [0, 0.05) is 43.1 Å². The summed E-state index contributed by atoms with van der Waals surface area (Å²) in [6.07, 6.45) is 6.57. The number of amides is 1. The zero-order valence-electron chi connectivity index (χ0n) is 35.9. The molecule has 65 heavy (non-hydrogen) atoms. The molecule has 0 aliphatic heterocycles. The van der Waals surface area contributed by atoms with E-state index in [0.29, 0.717) is 17.0 Å².